The van der Waals surface area contributed by atoms with Crippen LogP contribution in [0, 0.1) is 5.92 Å². The molecule has 3 nitrogen and oxygen atoms in total. The fraction of sp³-hybridized carbons (Fsp3) is 0.500. The van der Waals surface area contributed by atoms with E-state index in [9.17, 15) is 4.79 Å². The average molecular weight is 301 g/mol. The van der Waals surface area contributed by atoms with E-state index in [0.29, 0.717) is 16.5 Å². The van der Waals surface area contributed by atoms with Crippen molar-refractivity contribution >= 4 is 29.1 Å². The minimum absolute atomic E-state index is 0.0618. The van der Waals surface area contributed by atoms with Crippen molar-refractivity contribution in [2.75, 3.05) is 13.1 Å². The van der Waals surface area contributed by atoms with Crippen LogP contribution in [0.15, 0.2) is 18.2 Å². The van der Waals surface area contributed by atoms with Crippen molar-refractivity contribution in [1.29, 1.82) is 0 Å². The zero-order chi connectivity index (χ0) is 13.8. The maximum atomic E-state index is 12.0. The molecule has 0 radical (unpaired) electrons. The zero-order valence-corrected chi connectivity index (χ0v) is 12.4. The van der Waals surface area contributed by atoms with E-state index in [-0.39, 0.29) is 17.9 Å². The summed E-state index contributed by atoms with van der Waals surface area (Å²) in [5.41, 5.74) is 1.00. The molecule has 1 aromatic rings. The first kappa shape index (κ1) is 14.6. The van der Waals surface area contributed by atoms with Crippen molar-refractivity contribution in [2.45, 2.75) is 25.8 Å². The molecule has 0 spiro atoms. The molecule has 2 unspecified atom stereocenters. The SMILES string of the molecule is CC(Cc1ccc(Cl)cc1Cl)NC(=O)C1CCNC1. The van der Waals surface area contributed by atoms with Crippen molar-refractivity contribution in [3.63, 3.8) is 0 Å². The monoisotopic (exact) mass is 300 g/mol. The minimum atomic E-state index is 0.0618. The lowest BCUT2D eigenvalue weighted by Crippen LogP contribution is -2.39. The highest BCUT2D eigenvalue weighted by Crippen LogP contribution is 2.22. The first-order valence-electron chi connectivity index (χ1n) is 6.51. The predicted molar refractivity (Wildman–Crippen MR) is 78.7 cm³/mol. The number of hydrogen-bond acceptors (Lipinski definition) is 2. The van der Waals surface area contributed by atoms with Crippen LogP contribution in [0.3, 0.4) is 0 Å². The number of carbonyl (C=O) groups excluding carboxylic acids is 1. The summed E-state index contributed by atoms with van der Waals surface area (Å²) in [5.74, 6) is 0.228. The normalized spacial score (nSPS) is 20.3. The topological polar surface area (TPSA) is 41.1 Å². The van der Waals surface area contributed by atoms with Crippen molar-refractivity contribution in [1.82, 2.24) is 10.6 Å². The van der Waals surface area contributed by atoms with Gasteiger partial charge in [0, 0.05) is 22.6 Å². The van der Waals surface area contributed by atoms with Gasteiger partial charge in [0.05, 0.1) is 5.92 Å². The van der Waals surface area contributed by atoms with E-state index in [2.05, 4.69) is 10.6 Å². The molecule has 1 amide bonds. The summed E-state index contributed by atoms with van der Waals surface area (Å²) < 4.78 is 0. The van der Waals surface area contributed by atoms with E-state index < -0.39 is 0 Å². The Kier molecular flexibility index (Phi) is 5.08. The fourth-order valence-corrected chi connectivity index (χ4v) is 2.79. The molecule has 1 aromatic carbocycles. The Morgan fingerprint density at radius 1 is 1.53 bits per heavy atom. The quantitative estimate of drug-likeness (QED) is 0.897. The van der Waals surface area contributed by atoms with Crippen LogP contribution in [0.2, 0.25) is 10.0 Å². The van der Waals surface area contributed by atoms with Crippen LogP contribution in [-0.2, 0) is 11.2 Å². The third-order valence-corrected chi connectivity index (χ3v) is 3.95. The van der Waals surface area contributed by atoms with Crippen LogP contribution in [0.5, 0.6) is 0 Å². The maximum Gasteiger partial charge on any atom is 0.224 e. The van der Waals surface area contributed by atoms with Crippen LogP contribution >= 0.6 is 23.2 Å². The van der Waals surface area contributed by atoms with Crippen LogP contribution in [0.1, 0.15) is 18.9 Å². The van der Waals surface area contributed by atoms with Gasteiger partial charge < -0.3 is 10.6 Å². The Morgan fingerprint density at radius 2 is 2.32 bits per heavy atom. The highest BCUT2D eigenvalue weighted by atomic mass is 35.5. The van der Waals surface area contributed by atoms with E-state index >= 15 is 0 Å². The Balaban J connectivity index is 1.89. The summed E-state index contributed by atoms with van der Waals surface area (Å²) in [6, 6.07) is 5.52. The highest BCUT2D eigenvalue weighted by molar-refractivity contribution is 6.35. The lowest BCUT2D eigenvalue weighted by molar-refractivity contribution is -0.125. The van der Waals surface area contributed by atoms with Gasteiger partial charge in [-0.05, 0) is 44.0 Å². The lowest BCUT2D eigenvalue weighted by atomic mass is 10.0. The molecule has 2 N–H and O–H groups in total. The number of amides is 1. The van der Waals surface area contributed by atoms with Gasteiger partial charge in [0.15, 0.2) is 0 Å². The average Bonchev–Trinajstić information content (AvgIpc) is 2.86. The van der Waals surface area contributed by atoms with Crippen LogP contribution in [0.4, 0.5) is 0 Å². The molecule has 0 bridgehead atoms. The molecule has 1 fully saturated rings. The third kappa shape index (κ3) is 4.10. The largest absolute Gasteiger partial charge is 0.353 e. The molecule has 0 aliphatic carbocycles. The second-order valence-electron chi connectivity index (χ2n) is 5.04. The minimum Gasteiger partial charge on any atom is -0.353 e. The van der Waals surface area contributed by atoms with Gasteiger partial charge in [-0.1, -0.05) is 29.3 Å². The molecule has 1 saturated heterocycles. The molecule has 1 aliphatic rings. The van der Waals surface area contributed by atoms with Gasteiger partial charge in [0.2, 0.25) is 5.91 Å². The second kappa shape index (κ2) is 6.60. The molecule has 1 heterocycles. The molecule has 0 saturated carbocycles. The Morgan fingerprint density at radius 3 is 2.95 bits per heavy atom. The van der Waals surface area contributed by atoms with Gasteiger partial charge >= 0.3 is 0 Å². The van der Waals surface area contributed by atoms with Crippen LogP contribution in [0.25, 0.3) is 0 Å². The fourth-order valence-electron chi connectivity index (χ4n) is 2.31. The maximum absolute atomic E-state index is 12.0. The number of halogens is 2. The van der Waals surface area contributed by atoms with Crippen molar-refractivity contribution in [3.8, 4) is 0 Å². The van der Waals surface area contributed by atoms with Crippen molar-refractivity contribution in [3.05, 3.63) is 33.8 Å². The summed E-state index contributed by atoms with van der Waals surface area (Å²) in [5, 5.41) is 7.51. The van der Waals surface area contributed by atoms with Gasteiger partial charge in [-0.3, -0.25) is 4.79 Å². The summed E-state index contributed by atoms with van der Waals surface area (Å²) in [6.07, 6.45) is 1.63. The van der Waals surface area contributed by atoms with Crippen LogP contribution in [-0.4, -0.2) is 25.0 Å². The highest BCUT2D eigenvalue weighted by Gasteiger charge is 2.23. The number of carbonyl (C=O) groups is 1. The van der Waals surface area contributed by atoms with Gasteiger partial charge in [-0.15, -0.1) is 0 Å². The zero-order valence-electron chi connectivity index (χ0n) is 10.9. The molecule has 2 rings (SSSR count). The number of benzene rings is 1. The molecule has 2 atom stereocenters. The smallest absolute Gasteiger partial charge is 0.224 e. The van der Waals surface area contributed by atoms with E-state index in [1.165, 1.54) is 0 Å². The van der Waals surface area contributed by atoms with Crippen molar-refractivity contribution in [2.24, 2.45) is 5.92 Å². The van der Waals surface area contributed by atoms with Gasteiger partial charge in [0.25, 0.3) is 0 Å². The van der Waals surface area contributed by atoms with Gasteiger partial charge in [-0.2, -0.15) is 0 Å². The second-order valence-corrected chi connectivity index (χ2v) is 5.88. The Bertz CT molecular complexity index is 459. The van der Waals surface area contributed by atoms with E-state index in [1.54, 1.807) is 6.07 Å². The molecule has 104 valence electrons. The summed E-state index contributed by atoms with van der Waals surface area (Å²) in [7, 11) is 0. The molecule has 0 aromatic heterocycles. The van der Waals surface area contributed by atoms with E-state index in [4.69, 9.17) is 23.2 Å². The molecule has 1 aliphatic heterocycles. The molecular weight excluding hydrogens is 283 g/mol. The van der Waals surface area contributed by atoms with Crippen LogP contribution < -0.4 is 10.6 Å². The number of rotatable bonds is 4. The molecular formula is C14H18Cl2N2O. The third-order valence-electron chi connectivity index (χ3n) is 3.36. The predicted octanol–water partition coefficient (Wildman–Crippen LogP) is 2.65. The Hall–Kier alpha value is -0.770. The number of hydrogen-bond donors (Lipinski definition) is 2. The lowest BCUT2D eigenvalue weighted by Gasteiger charge is -2.17. The van der Waals surface area contributed by atoms with E-state index in [0.717, 1.165) is 25.1 Å². The number of nitrogens with one attached hydrogen (secondary N) is 2. The Labute approximate surface area is 123 Å². The molecule has 5 heteroatoms. The standard InChI is InChI=1S/C14H18Cl2N2O/c1-9(18-14(19)11-4-5-17-8-11)6-10-2-3-12(15)7-13(10)16/h2-3,7,9,11,17H,4-6,8H2,1H3,(H,18,19). The van der Waals surface area contributed by atoms with E-state index in [1.807, 2.05) is 19.1 Å². The first-order valence-corrected chi connectivity index (χ1v) is 7.27. The summed E-state index contributed by atoms with van der Waals surface area (Å²) in [4.78, 5) is 12.0. The summed E-state index contributed by atoms with van der Waals surface area (Å²) >= 11 is 12.0. The summed E-state index contributed by atoms with van der Waals surface area (Å²) in [6.45, 7) is 3.70. The van der Waals surface area contributed by atoms with Gasteiger partial charge in [-0.25, -0.2) is 0 Å². The molecule has 19 heavy (non-hydrogen) atoms. The van der Waals surface area contributed by atoms with Crippen molar-refractivity contribution < 1.29 is 4.79 Å². The van der Waals surface area contributed by atoms with Gasteiger partial charge in [0.1, 0.15) is 0 Å². The first-order chi connectivity index (χ1) is 9.06.